The third kappa shape index (κ3) is 3.50. The van der Waals surface area contributed by atoms with E-state index in [-0.39, 0.29) is 12.1 Å². The first-order valence-corrected chi connectivity index (χ1v) is 4.95. The maximum Gasteiger partial charge on any atom is 0.320 e. The van der Waals surface area contributed by atoms with Gasteiger partial charge < -0.3 is 10.1 Å². The van der Waals surface area contributed by atoms with E-state index in [1.807, 2.05) is 6.08 Å². The van der Waals surface area contributed by atoms with Gasteiger partial charge in [-0.05, 0) is 39.1 Å². The van der Waals surface area contributed by atoms with Gasteiger partial charge in [0.15, 0.2) is 0 Å². The summed E-state index contributed by atoms with van der Waals surface area (Å²) in [6, 6.07) is 0. The Labute approximate surface area is 89.7 Å². The molecule has 1 rings (SSSR count). The lowest BCUT2D eigenvalue weighted by molar-refractivity contribution is -0.150. The molecule has 0 atom stereocenters. The molecule has 0 aromatic carbocycles. The molecule has 0 saturated heterocycles. The third-order valence-electron chi connectivity index (χ3n) is 2.41. The predicted octanol–water partition coefficient (Wildman–Crippen LogP) is 1.64. The zero-order valence-electron chi connectivity index (χ0n) is 11.3. The highest BCUT2D eigenvalue weighted by Gasteiger charge is 2.45. The van der Waals surface area contributed by atoms with Crippen molar-refractivity contribution >= 4 is 5.97 Å². The molecule has 0 amide bonds. The molecule has 0 unspecified atom stereocenters. The number of rotatable bonds is 7. The van der Waals surface area contributed by atoms with Gasteiger partial charge in [0.1, 0.15) is 5.60 Å². The van der Waals surface area contributed by atoms with Crippen molar-refractivity contribution in [1.82, 2.24) is 5.32 Å². The van der Waals surface area contributed by atoms with Gasteiger partial charge in [-0.15, -0.1) is 6.58 Å². The molecule has 0 spiro atoms. The smallest absolute Gasteiger partial charge is 0.320 e. The van der Waals surface area contributed by atoms with E-state index in [1.54, 1.807) is 0 Å². The fourth-order valence-electron chi connectivity index (χ4n) is 1.46. The van der Waals surface area contributed by atoms with Gasteiger partial charge in [-0.25, -0.2) is 0 Å². The lowest BCUT2D eigenvalue weighted by Crippen LogP contribution is -2.27. The van der Waals surface area contributed by atoms with Crippen LogP contribution in [0, 0.1) is 0 Å². The Bertz CT molecular complexity index is 285. The van der Waals surface area contributed by atoms with Crippen LogP contribution in [0.2, 0.25) is 0 Å². The Morgan fingerprint density at radius 3 is 3.14 bits per heavy atom. The van der Waals surface area contributed by atoms with Gasteiger partial charge in [-0.3, -0.25) is 4.79 Å². The number of likely N-dealkylation sites (N-methyl/N-ethyl adjacent to an activating group) is 1. The van der Waals surface area contributed by atoms with E-state index in [4.69, 9.17) is 8.85 Å². The summed E-state index contributed by atoms with van der Waals surface area (Å²) < 4.78 is 26.0. The number of allylic oxidation sites excluding steroid dienone is 1. The molecule has 0 heterocycles. The highest BCUT2D eigenvalue weighted by Crippen LogP contribution is 2.43. The van der Waals surface area contributed by atoms with Gasteiger partial charge in [-0.1, -0.05) is 6.08 Å². The van der Waals surface area contributed by atoms with Gasteiger partial charge in [0.25, 0.3) is 0 Å². The monoisotopic (exact) mass is 200 g/mol. The van der Waals surface area contributed by atoms with Crippen molar-refractivity contribution < 1.29 is 13.6 Å². The topological polar surface area (TPSA) is 38.3 Å². The second-order valence-electron chi connectivity index (χ2n) is 3.69. The van der Waals surface area contributed by atoms with Crippen LogP contribution in [0.3, 0.4) is 0 Å². The molecule has 0 radical (unpaired) electrons. The van der Waals surface area contributed by atoms with Crippen LogP contribution in [0.25, 0.3) is 0 Å². The average molecular weight is 200 g/mol. The van der Waals surface area contributed by atoms with E-state index < -0.39 is 12.9 Å². The van der Waals surface area contributed by atoms with Gasteiger partial charge in [0.05, 0.1) is 6.54 Å². The molecule has 3 heteroatoms. The number of hydrogen-bond donors (Lipinski definition) is 1. The van der Waals surface area contributed by atoms with Gasteiger partial charge in [0, 0.05) is 4.11 Å². The summed E-state index contributed by atoms with van der Waals surface area (Å²) in [7, 11) is 0. The van der Waals surface area contributed by atoms with Crippen LogP contribution in [0.15, 0.2) is 12.7 Å². The van der Waals surface area contributed by atoms with Crippen LogP contribution in [0.5, 0.6) is 0 Å². The standard InChI is InChI=1S/C11H19NO2/c1-3-4-5-6-11(7-8-11)14-10(13)9-12-2/h3,12H,1,4-9H2,2H3/i2D3. The molecule has 0 aromatic rings. The van der Waals surface area contributed by atoms with E-state index in [2.05, 4.69) is 11.9 Å². The van der Waals surface area contributed by atoms with E-state index >= 15 is 0 Å². The van der Waals surface area contributed by atoms with E-state index in [0.717, 1.165) is 32.1 Å². The Hall–Kier alpha value is -0.830. The highest BCUT2D eigenvalue weighted by atomic mass is 16.6. The van der Waals surface area contributed by atoms with Crippen LogP contribution in [-0.4, -0.2) is 25.1 Å². The average Bonchev–Trinajstić information content (AvgIpc) is 2.95. The zero-order chi connectivity index (χ0) is 12.9. The number of carbonyl (C=O) groups is 1. The SMILES string of the molecule is [2H]C([2H])([2H])NCC(=O)OC1(CCCC=C)CC1. The molecule has 0 aromatic heterocycles. The van der Waals surface area contributed by atoms with Crippen LogP contribution in [-0.2, 0) is 9.53 Å². The lowest BCUT2D eigenvalue weighted by Gasteiger charge is -2.15. The lowest BCUT2D eigenvalue weighted by atomic mass is 10.1. The zero-order valence-corrected chi connectivity index (χ0v) is 8.34. The normalized spacial score (nSPS) is 21.6. The largest absolute Gasteiger partial charge is 0.458 e. The molecule has 1 fully saturated rings. The summed E-state index contributed by atoms with van der Waals surface area (Å²) in [6.45, 7) is 1.08. The number of carbonyl (C=O) groups excluding carboxylic acids is 1. The van der Waals surface area contributed by atoms with Crippen LogP contribution >= 0.6 is 0 Å². The molecule has 1 N–H and O–H groups in total. The Kier molecular flexibility index (Phi) is 2.74. The molecular formula is C11H19NO2. The van der Waals surface area contributed by atoms with Crippen LogP contribution in [0.4, 0.5) is 0 Å². The highest BCUT2D eigenvalue weighted by molar-refractivity contribution is 5.72. The van der Waals surface area contributed by atoms with Crippen molar-refractivity contribution in [3.05, 3.63) is 12.7 Å². The minimum Gasteiger partial charge on any atom is -0.458 e. The Morgan fingerprint density at radius 1 is 1.79 bits per heavy atom. The Morgan fingerprint density at radius 2 is 2.57 bits per heavy atom. The van der Waals surface area contributed by atoms with Gasteiger partial charge in [0.2, 0.25) is 0 Å². The summed E-state index contributed by atoms with van der Waals surface area (Å²) in [4.78, 5) is 11.4. The van der Waals surface area contributed by atoms with Crippen LogP contribution < -0.4 is 5.32 Å². The first-order valence-electron chi connectivity index (χ1n) is 6.45. The summed E-state index contributed by atoms with van der Waals surface area (Å²) >= 11 is 0. The predicted molar refractivity (Wildman–Crippen MR) is 56.0 cm³/mol. The fourth-order valence-corrected chi connectivity index (χ4v) is 1.46. The van der Waals surface area contributed by atoms with Gasteiger partial charge in [-0.2, -0.15) is 0 Å². The number of nitrogens with one attached hydrogen (secondary N) is 1. The maximum absolute atomic E-state index is 11.4. The number of hydrogen-bond acceptors (Lipinski definition) is 3. The second kappa shape index (κ2) is 5.15. The van der Waals surface area contributed by atoms with Crippen molar-refractivity contribution in [2.24, 2.45) is 0 Å². The summed E-state index contributed by atoms with van der Waals surface area (Å²) in [5, 5.41) is 2.15. The number of ether oxygens (including phenoxy) is 1. The van der Waals surface area contributed by atoms with Crippen molar-refractivity contribution in [3.8, 4) is 0 Å². The second-order valence-corrected chi connectivity index (χ2v) is 3.69. The molecule has 1 aliphatic carbocycles. The van der Waals surface area contributed by atoms with E-state index in [1.165, 1.54) is 0 Å². The molecule has 3 nitrogen and oxygen atoms in total. The molecule has 1 aliphatic rings. The minimum atomic E-state index is -2.29. The summed E-state index contributed by atoms with van der Waals surface area (Å²) in [5.41, 5.74) is -0.323. The Balaban J connectivity index is 2.23. The van der Waals surface area contributed by atoms with Crippen molar-refractivity contribution in [3.63, 3.8) is 0 Å². The van der Waals surface area contributed by atoms with Crippen molar-refractivity contribution in [2.45, 2.75) is 37.7 Å². The maximum atomic E-state index is 11.4. The molecule has 1 saturated carbocycles. The summed E-state index contributed by atoms with van der Waals surface area (Å²) in [5.74, 6) is -0.489. The van der Waals surface area contributed by atoms with Crippen molar-refractivity contribution in [2.75, 3.05) is 13.5 Å². The third-order valence-corrected chi connectivity index (χ3v) is 2.41. The summed E-state index contributed by atoms with van der Waals surface area (Å²) in [6.07, 6.45) is 6.29. The van der Waals surface area contributed by atoms with E-state index in [0.29, 0.717) is 0 Å². The molecular weight excluding hydrogens is 178 g/mol. The molecule has 80 valence electrons. The minimum absolute atomic E-state index is 0.264. The first kappa shape index (κ1) is 7.46. The molecule has 0 bridgehead atoms. The van der Waals surface area contributed by atoms with E-state index in [9.17, 15) is 4.79 Å². The fraction of sp³-hybridized carbons (Fsp3) is 0.727. The number of esters is 1. The first-order chi connectivity index (χ1) is 7.87. The molecule has 14 heavy (non-hydrogen) atoms. The van der Waals surface area contributed by atoms with Gasteiger partial charge >= 0.3 is 5.97 Å². The quantitative estimate of drug-likeness (QED) is 0.386. The van der Waals surface area contributed by atoms with Crippen LogP contribution in [0.1, 0.15) is 36.2 Å². The number of unbranched alkanes of at least 4 members (excludes halogenated alkanes) is 1. The molecule has 0 aliphatic heterocycles. The van der Waals surface area contributed by atoms with Crippen molar-refractivity contribution in [1.29, 1.82) is 0 Å².